The molecule has 6 heterocycles. The lowest BCUT2D eigenvalue weighted by Crippen LogP contribution is -2.29. The van der Waals surface area contributed by atoms with Crippen LogP contribution in [0, 0.1) is 0 Å². The van der Waals surface area contributed by atoms with Crippen molar-refractivity contribution < 1.29 is 24.6 Å². The van der Waals surface area contributed by atoms with Crippen LogP contribution in [0.25, 0.3) is 0 Å². The Bertz CT molecular complexity index is 2360. The highest BCUT2D eigenvalue weighted by Crippen LogP contribution is 2.28. The van der Waals surface area contributed by atoms with Gasteiger partial charge in [0.05, 0.1) is 36.6 Å². The lowest BCUT2D eigenvalue weighted by atomic mass is 10.1. The molecule has 59 heavy (non-hydrogen) atoms. The standard InChI is InChI=1S/C21H21BrN4O3S.C21H23BrN4O2S/c22-15-10-18(19(27)23-16-6-4-14(5-7-16)20(28)29)26(11-15)12-17-13-30-21(24-17)25-8-2-1-3-9-25;22-16-10-19(20(28)23-17-6-4-15(13-27)5-7-17)26(11-16)12-18-14-29-21(24-18)25-8-2-1-3-9-25/h4-7,10-11,13H,1-3,8-9,12H2,(H,23,27)(H,28,29);4-7,10-11,14,27H,1-3,8-9,12-13H2,(H,23,28). The van der Waals surface area contributed by atoms with Gasteiger partial charge in [0.1, 0.15) is 11.4 Å². The first kappa shape index (κ1) is 42.3. The minimum Gasteiger partial charge on any atom is -0.478 e. The lowest BCUT2D eigenvalue weighted by Gasteiger charge is -2.25. The van der Waals surface area contributed by atoms with Crippen molar-refractivity contribution in [1.82, 2.24) is 19.1 Å². The number of aliphatic hydroxyl groups excluding tert-OH is 1. The van der Waals surface area contributed by atoms with Crippen molar-refractivity contribution >= 4 is 94.0 Å². The number of anilines is 4. The normalized spacial score (nSPS) is 14.1. The number of aromatic nitrogens is 4. The number of nitrogens with zero attached hydrogens (tertiary/aromatic N) is 6. The molecule has 6 aromatic rings. The summed E-state index contributed by atoms with van der Waals surface area (Å²) >= 11 is 10.2. The summed E-state index contributed by atoms with van der Waals surface area (Å²) in [4.78, 5) is 50.9. The summed E-state index contributed by atoms with van der Waals surface area (Å²) in [5, 5.41) is 30.1. The molecule has 2 aromatic carbocycles. The molecule has 2 aliphatic rings. The third-order valence-corrected chi connectivity index (χ3v) is 12.7. The highest BCUT2D eigenvalue weighted by Gasteiger charge is 2.20. The number of amides is 2. The number of benzene rings is 2. The number of rotatable bonds is 12. The molecule has 0 spiro atoms. The van der Waals surface area contributed by atoms with Crippen LogP contribution in [0.4, 0.5) is 21.6 Å². The van der Waals surface area contributed by atoms with E-state index in [-0.39, 0.29) is 24.0 Å². The predicted molar refractivity (Wildman–Crippen MR) is 240 cm³/mol. The number of halogens is 2. The lowest BCUT2D eigenvalue weighted by molar-refractivity contribution is 0.0696. The average Bonchev–Trinajstić information content (AvgIpc) is 4.07. The molecule has 0 radical (unpaired) electrons. The van der Waals surface area contributed by atoms with Gasteiger partial charge in [-0.15, -0.1) is 22.7 Å². The number of hydrogen-bond donors (Lipinski definition) is 4. The van der Waals surface area contributed by atoms with Crippen molar-refractivity contribution in [2.24, 2.45) is 0 Å². The van der Waals surface area contributed by atoms with Crippen molar-refractivity contribution in [2.45, 2.75) is 58.2 Å². The van der Waals surface area contributed by atoms with E-state index < -0.39 is 5.97 Å². The Morgan fingerprint density at radius 2 is 1.07 bits per heavy atom. The Morgan fingerprint density at radius 1 is 0.644 bits per heavy atom. The maximum atomic E-state index is 12.8. The van der Waals surface area contributed by atoms with Crippen molar-refractivity contribution in [3.8, 4) is 0 Å². The van der Waals surface area contributed by atoms with E-state index in [0.29, 0.717) is 35.9 Å². The molecule has 308 valence electrons. The molecular weight excluding hydrogens is 920 g/mol. The molecule has 2 amide bonds. The van der Waals surface area contributed by atoms with Crippen LogP contribution in [0.15, 0.2) is 92.8 Å². The first-order chi connectivity index (χ1) is 28.6. The summed E-state index contributed by atoms with van der Waals surface area (Å²) in [7, 11) is 0. The fourth-order valence-electron chi connectivity index (χ4n) is 6.92. The van der Waals surface area contributed by atoms with Crippen LogP contribution in [0.5, 0.6) is 0 Å². The van der Waals surface area contributed by atoms with Gasteiger partial charge in [0.25, 0.3) is 11.8 Å². The van der Waals surface area contributed by atoms with Gasteiger partial charge in [0.2, 0.25) is 0 Å². The van der Waals surface area contributed by atoms with Crippen LogP contribution in [-0.4, -0.2) is 73.3 Å². The van der Waals surface area contributed by atoms with Crippen LogP contribution >= 0.6 is 54.5 Å². The summed E-state index contributed by atoms with van der Waals surface area (Å²) in [6, 6.07) is 16.8. The maximum Gasteiger partial charge on any atom is 0.335 e. The third kappa shape index (κ3) is 11.3. The zero-order valence-electron chi connectivity index (χ0n) is 32.2. The van der Waals surface area contributed by atoms with E-state index >= 15 is 0 Å². The van der Waals surface area contributed by atoms with Gasteiger partial charge in [-0.1, -0.05) is 12.1 Å². The maximum absolute atomic E-state index is 12.8. The molecule has 4 N–H and O–H groups in total. The number of carbonyl (C=O) groups excluding carboxylic acids is 2. The zero-order chi connectivity index (χ0) is 41.3. The van der Waals surface area contributed by atoms with Gasteiger partial charge < -0.3 is 39.8 Å². The Kier molecular flexibility index (Phi) is 14.3. The van der Waals surface area contributed by atoms with Crippen molar-refractivity contribution in [1.29, 1.82) is 0 Å². The van der Waals surface area contributed by atoms with Crippen LogP contribution < -0.4 is 20.4 Å². The number of aliphatic hydroxyl groups is 1. The van der Waals surface area contributed by atoms with E-state index in [2.05, 4.69) is 57.7 Å². The predicted octanol–water partition coefficient (Wildman–Crippen LogP) is 9.19. The SMILES string of the molecule is O=C(Nc1ccc(CO)cc1)c1cc(Br)cn1Cc1csc(N2CCCCC2)n1.O=C(O)c1ccc(NC(=O)c2cc(Br)cn2Cc2csc(N3CCCCC3)n2)cc1. The monoisotopic (exact) mass is 962 g/mol. The van der Waals surface area contributed by atoms with E-state index in [4.69, 9.17) is 20.2 Å². The highest BCUT2D eigenvalue weighted by atomic mass is 79.9. The van der Waals surface area contributed by atoms with Crippen LogP contribution in [0.2, 0.25) is 0 Å². The summed E-state index contributed by atoms with van der Waals surface area (Å²) in [5.41, 5.74) is 5.15. The number of thiazole rings is 2. The molecule has 13 nitrogen and oxygen atoms in total. The number of carbonyl (C=O) groups is 3. The Hall–Kier alpha value is -4.81. The quantitative estimate of drug-likeness (QED) is 0.0939. The second-order valence-corrected chi connectivity index (χ2v) is 17.8. The minimum absolute atomic E-state index is 0.0168. The molecular formula is C42H44Br2N8O5S2. The van der Waals surface area contributed by atoms with E-state index in [1.807, 2.05) is 33.0 Å². The van der Waals surface area contributed by atoms with E-state index in [0.717, 1.165) is 62.3 Å². The summed E-state index contributed by atoms with van der Waals surface area (Å²) < 4.78 is 5.43. The smallest absolute Gasteiger partial charge is 0.335 e. The number of aromatic carboxylic acids is 1. The van der Waals surface area contributed by atoms with Gasteiger partial charge in [-0.05, 0) is 124 Å². The van der Waals surface area contributed by atoms with Gasteiger partial charge in [-0.3, -0.25) is 9.59 Å². The van der Waals surface area contributed by atoms with Crippen molar-refractivity contribution in [2.75, 3.05) is 46.6 Å². The third-order valence-electron chi connectivity index (χ3n) is 9.97. The molecule has 17 heteroatoms. The molecule has 2 fully saturated rings. The number of piperidine rings is 2. The number of nitrogens with one attached hydrogen (secondary N) is 2. The molecule has 0 saturated carbocycles. The van der Waals surface area contributed by atoms with Crippen LogP contribution in [-0.2, 0) is 19.7 Å². The first-order valence-electron chi connectivity index (χ1n) is 19.4. The molecule has 0 aliphatic carbocycles. The van der Waals surface area contributed by atoms with E-state index in [1.165, 1.54) is 50.7 Å². The molecule has 0 bridgehead atoms. The topological polar surface area (TPSA) is 158 Å². The second kappa shape index (κ2) is 20.0. The number of hydrogen-bond acceptors (Lipinski definition) is 10. The van der Waals surface area contributed by atoms with E-state index in [1.54, 1.807) is 65.1 Å². The number of carboxylic acid groups (broad SMARTS) is 1. The van der Waals surface area contributed by atoms with Gasteiger partial charge in [0, 0.05) is 69.7 Å². The van der Waals surface area contributed by atoms with Gasteiger partial charge in [-0.2, -0.15) is 0 Å². The molecule has 4 aromatic heterocycles. The fourth-order valence-corrected chi connectivity index (χ4v) is 9.59. The Balaban J connectivity index is 0.000000179. The van der Waals surface area contributed by atoms with Gasteiger partial charge in [0.15, 0.2) is 10.3 Å². The Morgan fingerprint density at radius 3 is 1.47 bits per heavy atom. The molecule has 0 unspecified atom stereocenters. The molecule has 0 atom stereocenters. The summed E-state index contributed by atoms with van der Waals surface area (Å²) in [6.45, 7) is 5.28. The number of carboxylic acids is 1. The van der Waals surface area contributed by atoms with Crippen LogP contribution in [0.3, 0.4) is 0 Å². The highest BCUT2D eigenvalue weighted by molar-refractivity contribution is 9.10. The molecule has 2 aliphatic heterocycles. The van der Waals surface area contributed by atoms with Crippen molar-refractivity contribution in [3.63, 3.8) is 0 Å². The largest absolute Gasteiger partial charge is 0.478 e. The minimum atomic E-state index is -1.00. The van der Waals surface area contributed by atoms with Gasteiger partial charge >= 0.3 is 5.97 Å². The fraction of sp³-hybridized carbons (Fsp3) is 0.310. The van der Waals surface area contributed by atoms with Crippen LogP contribution in [0.1, 0.15) is 86.8 Å². The average molecular weight is 965 g/mol. The van der Waals surface area contributed by atoms with E-state index in [9.17, 15) is 14.4 Å². The first-order valence-corrected chi connectivity index (χ1v) is 22.7. The zero-order valence-corrected chi connectivity index (χ0v) is 37.0. The van der Waals surface area contributed by atoms with Gasteiger partial charge in [-0.25, -0.2) is 14.8 Å². The summed E-state index contributed by atoms with van der Waals surface area (Å²) in [5.74, 6) is -1.45. The molecule has 8 rings (SSSR count). The molecule has 2 saturated heterocycles. The Labute approximate surface area is 367 Å². The van der Waals surface area contributed by atoms with Crippen molar-refractivity contribution in [3.05, 3.63) is 127 Å². The summed E-state index contributed by atoms with van der Waals surface area (Å²) in [6.07, 6.45) is 11.2. The second-order valence-electron chi connectivity index (χ2n) is 14.3.